The fourth-order valence-corrected chi connectivity index (χ4v) is 1.57. The molecule has 0 aromatic carbocycles. The Balaban J connectivity index is 1.86. The molecule has 0 bridgehead atoms. The Morgan fingerprint density at radius 3 is 3.07 bits per heavy atom. The number of hydrogen-bond acceptors (Lipinski definition) is 4. The summed E-state index contributed by atoms with van der Waals surface area (Å²) in [7, 11) is 0. The van der Waals surface area contributed by atoms with Gasteiger partial charge in [0.15, 0.2) is 0 Å². The van der Waals surface area contributed by atoms with Gasteiger partial charge < -0.3 is 15.2 Å². The predicted molar refractivity (Wildman–Crippen MR) is 56.1 cm³/mol. The second kappa shape index (κ2) is 5.21. The largest absolute Gasteiger partial charge is 0.379 e. The summed E-state index contributed by atoms with van der Waals surface area (Å²) in [5.41, 5.74) is 7.35. The first-order valence-electron chi connectivity index (χ1n) is 5.22. The predicted octanol–water partition coefficient (Wildman–Crippen LogP) is 0.846. The number of nitrogens with zero attached hydrogens (tertiary/aromatic N) is 1. The second-order valence-electron chi connectivity index (χ2n) is 3.62. The average molecular weight is 208 g/mol. The van der Waals surface area contributed by atoms with Crippen LogP contribution >= 0.6 is 0 Å². The molecule has 1 saturated heterocycles. The molecule has 1 aliphatic heterocycles. The van der Waals surface area contributed by atoms with Crippen LogP contribution in [0.4, 0.5) is 0 Å². The highest BCUT2D eigenvalue weighted by atomic mass is 16.5. The molecule has 1 fully saturated rings. The lowest BCUT2D eigenvalue weighted by Crippen LogP contribution is -2.13. The van der Waals surface area contributed by atoms with E-state index in [-0.39, 0.29) is 6.10 Å². The van der Waals surface area contributed by atoms with Crippen LogP contribution in [0.5, 0.6) is 0 Å². The maximum atomic E-state index is 5.66. The summed E-state index contributed by atoms with van der Waals surface area (Å²) in [4.78, 5) is 4.36. The Hall–Kier alpha value is -0.970. The van der Waals surface area contributed by atoms with Gasteiger partial charge >= 0.3 is 0 Å². The number of ether oxygens (including phenoxy) is 2. The average Bonchev–Trinajstić information content (AvgIpc) is 2.79. The van der Waals surface area contributed by atoms with Crippen LogP contribution in [-0.2, 0) is 22.6 Å². The zero-order chi connectivity index (χ0) is 10.5. The Labute approximate surface area is 89.4 Å². The van der Waals surface area contributed by atoms with Crippen LogP contribution in [0.1, 0.15) is 17.8 Å². The fourth-order valence-electron chi connectivity index (χ4n) is 1.57. The molecule has 4 heteroatoms. The van der Waals surface area contributed by atoms with Crippen molar-refractivity contribution in [2.45, 2.75) is 25.7 Å². The number of hydrogen-bond donors (Lipinski definition) is 1. The van der Waals surface area contributed by atoms with E-state index in [1.165, 1.54) is 0 Å². The SMILES string of the molecule is NCc1cccc(CO[C@@H]2CCOC2)n1. The van der Waals surface area contributed by atoms with Crippen LogP contribution < -0.4 is 5.73 Å². The molecular formula is C11H16N2O2. The van der Waals surface area contributed by atoms with E-state index < -0.39 is 0 Å². The summed E-state index contributed by atoms with van der Waals surface area (Å²) in [6.07, 6.45) is 1.21. The molecule has 1 aliphatic rings. The molecule has 0 radical (unpaired) electrons. The Kier molecular flexibility index (Phi) is 3.66. The topological polar surface area (TPSA) is 57.4 Å². The highest BCUT2D eigenvalue weighted by Crippen LogP contribution is 2.10. The van der Waals surface area contributed by atoms with Gasteiger partial charge in [-0.25, -0.2) is 0 Å². The molecule has 0 saturated carbocycles. The van der Waals surface area contributed by atoms with Gasteiger partial charge in [-0.15, -0.1) is 0 Å². The third-order valence-corrected chi connectivity index (χ3v) is 2.43. The molecule has 1 aromatic heterocycles. The standard InChI is InChI=1S/C11H16N2O2/c12-6-9-2-1-3-10(13-9)7-15-11-4-5-14-8-11/h1-3,11H,4-8,12H2/t11-/m1/s1. The first-order chi connectivity index (χ1) is 7.38. The summed E-state index contributed by atoms with van der Waals surface area (Å²) >= 11 is 0. The van der Waals surface area contributed by atoms with Crippen LogP contribution in [0, 0.1) is 0 Å². The lowest BCUT2D eigenvalue weighted by Gasteiger charge is -2.09. The molecule has 1 atom stereocenters. The van der Waals surface area contributed by atoms with Crippen molar-refractivity contribution in [2.24, 2.45) is 5.73 Å². The van der Waals surface area contributed by atoms with Gasteiger partial charge in [0.1, 0.15) is 0 Å². The van der Waals surface area contributed by atoms with Gasteiger partial charge in [0.05, 0.1) is 30.7 Å². The molecule has 0 aliphatic carbocycles. The Bertz CT molecular complexity index is 311. The minimum Gasteiger partial charge on any atom is -0.379 e. The molecule has 0 amide bonds. The monoisotopic (exact) mass is 208 g/mol. The Morgan fingerprint density at radius 1 is 1.47 bits per heavy atom. The normalized spacial score (nSPS) is 20.7. The van der Waals surface area contributed by atoms with Gasteiger partial charge in [-0.05, 0) is 18.6 Å². The second-order valence-corrected chi connectivity index (χ2v) is 3.62. The van der Waals surface area contributed by atoms with Gasteiger partial charge in [0.2, 0.25) is 0 Å². The lowest BCUT2D eigenvalue weighted by molar-refractivity contribution is 0.0301. The van der Waals surface area contributed by atoms with Crippen LogP contribution in [0.3, 0.4) is 0 Å². The molecule has 0 unspecified atom stereocenters. The third-order valence-electron chi connectivity index (χ3n) is 2.43. The minimum absolute atomic E-state index is 0.230. The smallest absolute Gasteiger partial charge is 0.0892 e. The molecule has 4 nitrogen and oxygen atoms in total. The van der Waals surface area contributed by atoms with Crippen molar-refractivity contribution in [3.8, 4) is 0 Å². The zero-order valence-corrected chi connectivity index (χ0v) is 8.69. The minimum atomic E-state index is 0.230. The number of aromatic nitrogens is 1. The summed E-state index contributed by atoms with van der Waals surface area (Å²) in [5, 5.41) is 0. The van der Waals surface area contributed by atoms with Crippen molar-refractivity contribution in [1.29, 1.82) is 0 Å². The van der Waals surface area contributed by atoms with E-state index in [2.05, 4.69) is 4.98 Å². The molecular weight excluding hydrogens is 192 g/mol. The zero-order valence-electron chi connectivity index (χ0n) is 8.69. The maximum absolute atomic E-state index is 5.66. The van der Waals surface area contributed by atoms with Crippen molar-refractivity contribution in [1.82, 2.24) is 4.98 Å². The molecule has 2 N–H and O–H groups in total. The van der Waals surface area contributed by atoms with Gasteiger partial charge in [-0.2, -0.15) is 0 Å². The van der Waals surface area contributed by atoms with Crippen molar-refractivity contribution in [2.75, 3.05) is 13.2 Å². The molecule has 2 rings (SSSR count). The van der Waals surface area contributed by atoms with Gasteiger partial charge in [-0.3, -0.25) is 4.98 Å². The van der Waals surface area contributed by atoms with Crippen LogP contribution in [0.15, 0.2) is 18.2 Å². The van der Waals surface area contributed by atoms with Crippen LogP contribution in [-0.4, -0.2) is 24.3 Å². The highest BCUT2D eigenvalue weighted by Gasteiger charge is 2.15. The Morgan fingerprint density at radius 2 is 2.33 bits per heavy atom. The summed E-state index contributed by atoms with van der Waals surface area (Å²) < 4.78 is 10.9. The highest BCUT2D eigenvalue weighted by molar-refractivity contribution is 5.10. The van der Waals surface area contributed by atoms with Gasteiger partial charge in [0, 0.05) is 13.2 Å². The van der Waals surface area contributed by atoms with E-state index in [9.17, 15) is 0 Å². The maximum Gasteiger partial charge on any atom is 0.0892 e. The van der Waals surface area contributed by atoms with E-state index in [1.54, 1.807) is 0 Å². The van der Waals surface area contributed by atoms with Crippen molar-refractivity contribution in [3.63, 3.8) is 0 Å². The van der Waals surface area contributed by atoms with Crippen molar-refractivity contribution < 1.29 is 9.47 Å². The number of nitrogens with two attached hydrogens (primary N) is 1. The van der Waals surface area contributed by atoms with Gasteiger partial charge in [0.25, 0.3) is 0 Å². The summed E-state index contributed by atoms with van der Waals surface area (Å²) in [6, 6.07) is 5.83. The van der Waals surface area contributed by atoms with E-state index in [1.807, 2.05) is 18.2 Å². The van der Waals surface area contributed by atoms with Crippen LogP contribution in [0.2, 0.25) is 0 Å². The summed E-state index contributed by atoms with van der Waals surface area (Å²) in [6.45, 7) is 2.53. The lowest BCUT2D eigenvalue weighted by atomic mass is 10.3. The number of rotatable bonds is 4. The van der Waals surface area contributed by atoms with Crippen molar-refractivity contribution >= 4 is 0 Å². The molecule has 0 spiro atoms. The van der Waals surface area contributed by atoms with Crippen LogP contribution in [0.25, 0.3) is 0 Å². The van der Waals surface area contributed by atoms with E-state index in [0.717, 1.165) is 24.4 Å². The van der Waals surface area contributed by atoms with Crippen molar-refractivity contribution in [3.05, 3.63) is 29.6 Å². The van der Waals surface area contributed by atoms with Gasteiger partial charge in [-0.1, -0.05) is 6.07 Å². The van der Waals surface area contributed by atoms with E-state index in [4.69, 9.17) is 15.2 Å². The number of pyridine rings is 1. The molecule has 1 aromatic rings. The molecule has 82 valence electrons. The third kappa shape index (κ3) is 2.99. The summed E-state index contributed by atoms with van der Waals surface area (Å²) in [5.74, 6) is 0. The molecule has 2 heterocycles. The quantitative estimate of drug-likeness (QED) is 0.796. The molecule has 15 heavy (non-hydrogen) atoms. The van der Waals surface area contributed by atoms with E-state index in [0.29, 0.717) is 19.8 Å². The first-order valence-corrected chi connectivity index (χ1v) is 5.22. The van der Waals surface area contributed by atoms with E-state index >= 15 is 0 Å². The first kappa shape index (κ1) is 10.5. The fraction of sp³-hybridized carbons (Fsp3) is 0.545.